The van der Waals surface area contributed by atoms with Gasteiger partial charge in [-0.3, -0.25) is 9.59 Å². The minimum atomic E-state index is -1.43. The number of phenolic OH excluding ortho intramolecular Hbond substituents is 2. The second kappa shape index (κ2) is 8.17. The maximum atomic E-state index is 11.5. The SMILES string of the molecule is O=C(O)C(C(=O)O)C1CCCC(=C(c2ccc(O)cc2)c2ccc(O)cc2)C1. The van der Waals surface area contributed by atoms with Crippen LogP contribution in [-0.2, 0) is 9.59 Å². The molecule has 0 aromatic heterocycles. The molecular formula is C22H22O6. The van der Waals surface area contributed by atoms with E-state index in [0.29, 0.717) is 19.3 Å². The molecule has 6 nitrogen and oxygen atoms in total. The fourth-order valence-corrected chi connectivity index (χ4v) is 3.95. The third-order valence-electron chi connectivity index (χ3n) is 5.23. The van der Waals surface area contributed by atoms with E-state index in [1.165, 1.54) is 0 Å². The smallest absolute Gasteiger partial charge is 0.318 e. The number of carboxylic acids is 2. The van der Waals surface area contributed by atoms with Crippen molar-refractivity contribution in [3.8, 4) is 11.5 Å². The van der Waals surface area contributed by atoms with Crippen LogP contribution in [0.2, 0.25) is 0 Å². The van der Waals surface area contributed by atoms with E-state index in [4.69, 9.17) is 0 Å². The second-order valence-electron chi connectivity index (χ2n) is 7.08. The summed E-state index contributed by atoms with van der Waals surface area (Å²) < 4.78 is 0. The molecule has 2 aromatic carbocycles. The molecule has 1 aliphatic rings. The normalized spacial score (nSPS) is 16.8. The van der Waals surface area contributed by atoms with E-state index >= 15 is 0 Å². The first-order chi connectivity index (χ1) is 13.4. The number of carbonyl (C=O) groups is 2. The van der Waals surface area contributed by atoms with Crippen molar-refractivity contribution in [1.29, 1.82) is 0 Å². The summed E-state index contributed by atoms with van der Waals surface area (Å²) in [5.41, 5.74) is 3.57. The summed E-state index contributed by atoms with van der Waals surface area (Å²) >= 11 is 0. The second-order valence-corrected chi connectivity index (χ2v) is 7.08. The van der Waals surface area contributed by atoms with Gasteiger partial charge in [0.05, 0.1) is 0 Å². The Morgan fingerprint density at radius 3 is 1.71 bits per heavy atom. The van der Waals surface area contributed by atoms with Crippen molar-refractivity contribution in [1.82, 2.24) is 0 Å². The molecule has 0 saturated heterocycles. The van der Waals surface area contributed by atoms with Crippen LogP contribution in [0.1, 0.15) is 36.8 Å². The average Bonchev–Trinajstić information content (AvgIpc) is 2.65. The predicted molar refractivity (Wildman–Crippen MR) is 103 cm³/mol. The average molecular weight is 382 g/mol. The van der Waals surface area contributed by atoms with Crippen LogP contribution in [-0.4, -0.2) is 32.4 Å². The monoisotopic (exact) mass is 382 g/mol. The molecule has 2 aromatic rings. The van der Waals surface area contributed by atoms with Gasteiger partial charge < -0.3 is 20.4 Å². The minimum absolute atomic E-state index is 0.136. The highest BCUT2D eigenvalue weighted by Gasteiger charge is 2.37. The highest BCUT2D eigenvalue weighted by Crippen LogP contribution is 2.40. The molecule has 0 heterocycles. The fourth-order valence-electron chi connectivity index (χ4n) is 3.95. The summed E-state index contributed by atoms with van der Waals surface area (Å²) in [5.74, 6) is -4.27. The Labute approximate surface area is 162 Å². The number of aromatic hydroxyl groups is 2. The van der Waals surface area contributed by atoms with E-state index < -0.39 is 23.8 Å². The van der Waals surface area contributed by atoms with Crippen molar-refractivity contribution in [2.75, 3.05) is 0 Å². The van der Waals surface area contributed by atoms with Crippen LogP contribution < -0.4 is 0 Å². The van der Waals surface area contributed by atoms with Crippen LogP contribution >= 0.6 is 0 Å². The molecule has 1 saturated carbocycles. The highest BCUT2D eigenvalue weighted by atomic mass is 16.4. The van der Waals surface area contributed by atoms with Gasteiger partial charge in [0.2, 0.25) is 0 Å². The molecule has 0 bridgehead atoms. The summed E-state index contributed by atoms with van der Waals surface area (Å²) in [4.78, 5) is 23.0. The molecule has 6 heteroatoms. The van der Waals surface area contributed by atoms with Crippen LogP contribution in [0, 0.1) is 11.8 Å². The first-order valence-electron chi connectivity index (χ1n) is 9.13. The van der Waals surface area contributed by atoms with Gasteiger partial charge in [-0.2, -0.15) is 0 Å². The Kier molecular flexibility index (Phi) is 5.68. The molecule has 4 N–H and O–H groups in total. The predicted octanol–water partition coefficient (Wildman–Crippen LogP) is 3.88. The molecule has 1 aliphatic carbocycles. The van der Waals surface area contributed by atoms with E-state index in [-0.39, 0.29) is 11.5 Å². The lowest BCUT2D eigenvalue weighted by atomic mass is 9.75. The van der Waals surface area contributed by atoms with Gasteiger partial charge in [0, 0.05) is 0 Å². The number of benzene rings is 2. The number of aliphatic carboxylic acids is 2. The first kappa shape index (κ1) is 19.5. The van der Waals surface area contributed by atoms with Crippen molar-refractivity contribution < 1.29 is 30.0 Å². The molecular weight excluding hydrogens is 360 g/mol. The van der Waals surface area contributed by atoms with Crippen molar-refractivity contribution in [2.45, 2.75) is 25.7 Å². The first-order valence-corrected chi connectivity index (χ1v) is 9.13. The molecule has 0 amide bonds. The number of hydrogen-bond acceptors (Lipinski definition) is 4. The molecule has 28 heavy (non-hydrogen) atoms. The van der Waals surface area contributed by atoms with Gasteiger partial charge in [-0.25, -0.2) is 0 Å². The maximum absolute atomic E-state index is 11.5. The van der Waals surface area contributed by atoms with Gasteiger partial charge in [-0.05, 0) is 72.6 Å². The van der Waals surface area contributed by atoms with E-state index in [1.807, 2.05) is 0 Å². The van der Waals surface area contributed by atoms with Gasteiger partial charge in [0.1, 0.15) is 11.5 Å². The van der Waals surface area contributed by atoms with Crippen LogP contribution in [0.3, 0.4) is 0 Å². The number of allylic oxidation sites excluding steroid dienone is 1. The summed E-state index contributed by atoms with van der Waals surface area (Å²) in [7, 11) is 0. The van der Waals surface area contributed by atoms with Gasteiger partial charge >= 0.3 is 11.9 Å². The molecule has 1 unspecified atom stereocenters. The molecule has 1 fully saturated rings. The zero-order valence-electron chi connectivity index (χ0n) is 15.2. The molecule has 0 aliphatic heterocycles. The van der Waals surface area contributed by atoms with Gasteiger partial charge in [-0.1, -0.05) is 29.8 Å². The third kappa shape index (κ3) is 4.17. The Hall–Kier alpha value is -3.28. The van der Waals surface area contributed by atoms with Gasteiger partial charge in [0.15, 0.2) is 5.92 Å². The minimum Gasteiger partial charge on any atom is -0.508 e. The summed E-state index contributed by atoms with van der Waals surface area (Å²) in [6, 6.07) is 13.4. The summed E-state index contributed by atoms with van der Waals surface area (Å²) in [6.07, 6.45) is 2.36. The molecule has 3 rings (SSSR count). The van der Waals surface area contributed by atoms with Crippen molar-refractivity contribution in [3.05, 3.63) is 65.2 Å². The zero-order valence-corrected chi connectivity index (χ0v) is 15.2. The molecule has 146 valence electrons. The maximum Gasteiger partial charge on any atom is 0.318 e. The standard InChI is InChI=1S/C22H22O6/c23-17-8-4-13(5-9-17)19(14-6-10-18(24)11-7-14)15-2-1-3-16(12-15)20(21(25)26)22(27)28/h4-11,16,20,23-24H,1-3,12H2,(H,25,26)(H,27,28). The topological polar surface area (TPSA) is 115 Å². The van der Waals surface area contributed by atoms with Crippen molar-refractivity contribution in [2.24, 2.45) is 11.8 Å². The van der Waals surface area contributed by atoms with E-state index in [0.717, 1.165) is 28.7 Å². The number of hydrogen-bond donors (Lipinski definition) is 4. The fraction of sp³-hybridized carbons (Fsp3) is 0.273. The van der Waals surface area contributed by atoms with E-state index in [9.17, 15) is 30.0 Å². The lowest BCUT2D eigenvalue weighted by Crippen LogP contribution is -2.33. The quantitative estimate of drug-likeness (QED) is 0.584. The molecule has 0 spiro atoms. The van der Waals surface area contributed by atoms with Crippen molar-refractivity contribution in [3.63, 3.8) is 0 Å². The number of carboxylic acid groups (broad SMARTS) is 2. The van der Waals surface area contributed by atoms with E-state index in [2.05, 4.69) is 0 Å². The van der Waals surface area contributed by atoms with Crippen LogP contribution in [0.15, 0.2) is 54.1 Å². The van der Waals surface area contributed by atoms with Crippen LogP contribution in [0.25, 0.3) is 5.57 Å². The zero-order chi connectivity index (χ0) is 20.3. The molecule has 1 atom stereocenters. The Morgan fingerprint density at radius 2 is 1.29 bits per heavy atom. The largest absolute Gasteiger partial charge is 0.508 e. The van der Waals surface area contributed by atoms with E-state index in [1.54, 1.807) is 48.5 Å². The van der Waals surface area contributed by atoms with Crippen LogP contribution in [0.4, 0.5) is 0 Å². The van der Waals surface area contributed by atoms with Gasteiger partial charge in [-0.15, -0.1) is 0 Å². The molecule has 0 radical (unpaired) electrons. The Bertz CT molecular complexity index is 834. The van der Waals surface area contributed by atoms with Gasteiger partial charge in [0.25, 0.3) is 0 Å². The summed E-state index contributed by atoms with van der Waals surface area (Å²) in [5, 5.41) is 38.0. The van der Waals surface area contributed by atoms with Crippen molar-refractivity contribution >= 4 is 17.5 Å². The third-order valence-corrected chi connectivity index (χ3v) is 5.23. The number of rotatable bonds is 5. The summed E-state index contributed by atoms with van der Waals surface area (Å²) in [6.45, 7) is 0. The lowest BCUT2D eigenvalue weighted by molar-refractivity contribution is -0.157. The van der Waals surface area contributed by atoms with Crippen LogP contribution in [0.5, 0.6) is 11.5 Å². The highest BCUT2D eigenvalue weighted by molar-refractivity contribution is 5.93. The number of phenols is 2. The lowest BCUT2D eigenvalue weighted by Gasteiger charge is -2.29. The Balaban J connectivity index is 2.08. The Morgan fingerprint density at radius 1 is 0.821 bits per heavy atom.